The maximum absolute atomic E-state index is 11.0. The van der Waals surface area contributed by atoms with Gasteiger partial charge in [-0.1, -0.05) is 0 Å². The number of rotatable bonds is 3. The summed E-state index contributed by atoms with van der Waals surface area (Å²) in [6.07, 6.45) is 0.107. The average Bonchev–Trinajstić information content (AvgIpc) is 2.41. The molecule has 1 fully saturated rings. The Morgan fingerprint density at radius 2 is 2.31 bits per heavy atom. The average molecular weight is 185 g/mol. The van der Waals surface area contributed by atoms with Crippen LogP contribution in [0, 0.1) is 0 Å². The van der Waals surface area contributed by atoms with Gasteiger partial charge in [0.25, 0.3) is 0 Å². The predicted molar refractivity (Wildman–Crippen MR) is 43.6 cm³/mol. The zero-order chi connectivity index (χ0) is 9.84. The van der Waals surface area contributed by atoms with Crippen molar-refractivity contribution in [2.24, 2.45) is 0 Å². The Balaban J connectivity index is 2.33. The van der Waals surface area contributed by atoms with Gasteiger partial charge in [0.1, 0.15) is 0 Å². The molecule has 1 heterocycles. The topological polar surface area (TPSA) is 87.3 Å². The van der Waals surface area contributed by atoms with Crippen LogP contribution in [0.5, 0.6) is 0 Å². The fourth-order valence-corrected chi connectivity index (χ4v) is 1.02. The molecule has 6 heteroatoms. The molecule has 6 nitrogen and oxygen atoms in total. The van der Waals surface area contributed by atoms with Gasteiger partial charge in [0.05, 0.1) is 19.0 Å². The van der Waals surface area contributed by atoms with Crippen molar-refractivity contribution in [3.63, 3.8) is 0 Å². The Hall–Kier alpha value is -1.43. The zero-order valence-corrected chi connectivity index (χ0v) is 7.22. The number of imide groups is 1. The number of nitrogens with one attached hydrogen (secondary N) is 3. The molecule has 0 spiro atoms. The van der Waals surface area contributed by atoms with Crippen LogP contribution in [-0.4, -0.2) is 37.4 Å². The van der Waals surface area contributed by atoms with E-state index >= 15 is 0 Å². The van der Waals surface area contributed by atoms with Crippen LogP contribution in [0.15, 0.2) is 0 Å². The van der Waals surface area contributed by atoms with Crippen molar-refractivity contribution in [2.45, 2.75) is 12.5 Å². The molecule has 0 bridgehead atoms. The van der Waals surface area contributed by atoms with Crippen LogP contribution < -0.4 is 16.0 Å². The minimum Gasteiger partial charge on any atom is -0.358 e. The molecular weight excluding hydrogens is 174 g/mol. The second-order valence-electron chi connectivity index (χ2n) is 2.72. The van der Waals surface area contributed by atoms with E-state index in [0.717, 1.165) is 0 Å². The van der Waals surface area contributed by atoms with Gasteiger partial charge in [-0.15, -0.1) is 0 Å². The number of carbonyl (C=O) groups is 3. The molecule has 1 saturated heterocycles. The number of hydrogen-bond donors (Lipinski definition) is 3. The third-order valence-corrected chi connectivity index (χ3v) is 1.76. The Labute approximate surface area is 75.1 Å². The second kappa shape index (κ2) is 3.99. The van der Waals surface area contributed by atoms with Gasteiger partial charge < -0.3 is 5.32 Å². The maximum Gasteiger partial charge on any atom is 0.244 e. The monoisotopic (exact) mass is 185 g/mol. The highest BCUT2D eigenvalue weighted by molar-refractivity contribution is 6.05. The number of amides is 3. The van der Waals surface area contributed by atoms with E-state index in [2.05, 4.69) is 16.0 Å². The lowest BCUT2D eigenvalue weighted by Crippen LogP contribution is -2.41. The number of carbonyl (C=O) groups excluding carboxylic acids is 3. The van der Waals surface area contributed by atoms with Gasteiger partial charge in [-0.2, -0.15) is 0 Å². The first-order valence-electron chi connectivity index (χ1n) is 3.91. The summed E-state index contributed by atoms with van der Waals surface area (Å²) in [5, 5.41) is 7.20. The molecule has 0 aliphatic carbocycles. The number of likely N-dealkylation sites (N-methyl/N-ethyl adjacent to an activating group) is 1. The van der Waals surface area contributed by atoms with Crippen LogP contribution in [0.2, 0.25) is 0 Å². The minimum atomic E-state index is -0.565. The summed E-state index contributed by atoms with van der Waals surface area (Å²) in [6, 6.07) is -0.565. The largest absolute Gasteiger partial charge is 0.358 e. The first-order chi connectivity index (χ1) is 6.13. The van der Waals surface area contributed by atoms with Gasteiger partial charge in [-0.05, 0) is 0 Å². The standard InChI is InChI=1S/C7H11N3O3/c1-8-6(12)3-9-4-2-5(11)10-7(4)13/h4,9H,2-3H2,1H3,(H,8,12)(H,10,11,13). The third-order valence-electron chi connectivity index (χ3n) is 1.76. The molecule has 1 aliphatic heterocycles. The Kier molecular flexibility index (Phi) is 2.97. The lowest BCUT2D eigenvalue weighted by atomic mass is 10.2. The molecule has 3 N–H and O–H groups in total. The van der Waals surface area contributed by atoms with E-state index in [-0.39, 0.29) is 30.7 Å². The molecule has 3 amide bonds. The van der Waals surface area contributed by atoms with Gasteiger partial charge in [-0.25, -0.2) is 0 Å². The maximum atomic E-state index is 11.0. The van der Waals surface area contributed by atoms with Gasteiger partial charge in [0.2, 0.25) is 17.7 Å². The first kappa shape index (κ1) is 9.66. The molecule has 72 valence electrons. The fraction of sp³-hybridized carbons (Fsp3) is 0.571. The summed E-state index contributed by atoms with van der Waals surface area (Å²) in [5.41, 5.74) is 0. The highest BCUT2D eigenvalue weighted by Crippen LogP contribution is 1.99. The lowest BCUT2D eigenvalue weighted by molar-refractivity contribution is -0.125. The Morgan fingerprint density at radius 1 is 1.62 bits per heavy atom. The van der Waals surface area contributed by atoms with Gasteiger partial charge in [0, 0.05) is 7.05 Å². The molecular formula is C7H11N3O3. The van der Waals surface area contributed by atoms with Gasteiger partial charge in [0.15, 0.2) is 0 Å². The van der Waals surface area contributed by atoms with Gasteiger partial charge >= 0.3 is 0 Å². The highest BCUT2D eigenvalue weighted by atomic mass is 16.2. The molecule has 0 aromatic heterocycles. The zero-order valence-electron chi connectivity index (χ0n) is 7.22. The highest BCUT2D eigenvalue weighted by Gasteiger charge is 2.30. The number of hydrogen-bond acceptors (Lipinski definition) is 4. The summed E-state index contributed by atoms with van der Waals surface area (Å²) < 4.78 is 0. The van der Waals surface area contributed by atoms with Crippen molar-refractivity contribution in [1.29, 1.82) is 0 Å². The molecule has 0 aromatic rings. The van der Waals surface area contributed by atoms with E-state index < -0.39 is 6.04 Å². The molecule has 1 aliphatic rings. The summed E-state index contributed by atoms with van der Waals surface area (Å²) in [6.45, 7) is 0.0435. The summed E-state index contributed by atoms with van der Waals surface area (Å²) in [5.74, 6) is -0.888. The Bertz CT molecular complexity index is 251. The van der Waals surface area contributed by atoms with E-state index in [1.165, 1.54) is 7.05 Å². The molecule has 0 radical (unpaired) electrons. The van der Waals surface area contributed by atoms with E-state index in [1.54, 1.807) is 0 Å². The van der Waals surface area contributed by atoms with Crippen LogP contribution in [0.3, 0.4) is 0 Å². The fourth-order valence-electron chi connectivity index (χ4n) is 1.02. The van der Waals surface area contributed by atoms with Crippen LogP contribution in [0.1, 0.15) is 6.42 Å². The lowest BCUT2D eigenvalue weighted by Gasteiger charge is -2.06. The van der Waals surface area contributed by atoms with E-state index in [1.807, 2.05) is 0 Å². The molecule has 1 atom stereocenters. The Morgan fingerprint density at radius 3 is 2.77 bits per heavy atom. The van der Waals surface area contributed by atoms with Crippen LogP contribution >= 0.6 is 0 Å². The minimum absolute atomic E-state index is 0.0435. The van der Waals surface area contributed by atoms with Crippen molar-refractivity contribution >= 4 is 17.7 Å². The smallest absolute Gasteiger partial charge is 0.244 e. The first-order valence-corrected chi connectivity index (χ1v) is 3.91. The van der Waals surface area contributed by atoms with Crippen LogP contribution in [0.4, 0.5) is 0 Å². The second-order valence-corrected chi connectivity index (χ2v) is 2.72. The van der Waals surface area contributed by atoms with Crippen molar-refractivity contribution in [3.05, 3.63) is 0 Å². The van der Waals surface area contributed by atoms with E-state index in [4.69, 9.17) is 0 Å². The van der Waals surface area contributed by atoms with E-state index in [9.17, 15) is 14.4 Å². The van der Waals surface area contributed by atoms with Crippen molar-refractivity contribution in [2.75, 3.05) is 13.6 Å². The van der Waals surface area contributed by atoms with E-state index in [0.29, 0.717) is 0 Å². The van der Waals surface area contributed by atoms with Crippen LogP contribution in [-0.2, 0) is 14.4 Å². The summed E-state index contributed by atoms with van der Waals surface area (Å²) in [7, 11) is 1.50. The summed E-state index contributed by atoms with van der Waals surface area (Å²) >= 11 is 0. The van der Waals surface area contributed by atoms with Gasteiger partial charge in [-0.3, -0.25) is 25.0 Å². The van der Waals surface area contributed by atoms with Crippen molar-refractivity contribution < 1.29 is 14.4 Å². The van der Waals surface area contributed by atoms with Crippen LogP contribution in [0.25, 0.3) is 0 Å². The normalized spacial score (nSPS) is 21.5. The molecule has 0 saturated carbocycles. The molecule has 1 unspecified atom stereocenters. The molecule has 13 heavy (non-hydrogen) atoms. The molecule has 0 aromatic carbocycles. The third kappa shape index (κ3) is 2.51. The summed E-state index contributed by atoms with van der Waals surface area (Å²) in [4.78, 5) is 32.4. The SMILES string of the molecule is CNC(=O)CNC1CC(=O)NC1=O. The quantitative estimate of drug-likeness (QED) is 0.433. The van der Waals surface area contributed by atoms with Crippen molar-refractivity contribution in [3.8, 4) is 0 Å². The molecule has 1 rings (SSSR count). The van der Waals surface area contributed by atoms with Crippen molar-refractivity contribution in [1.82, 2.24) is 16.0 Å². The predicted octanol–water partition coefficient (Wildman–Crippen LogP) is -2.26.